The maximum absolute atomic E-state index is 12.4. The summed E-state index contributed by atoms with van der Waals surface area (Å²) in [4.78, 5) is 12.4. The van der Waals surface area contributed by atoms with Gasteiger partial charge in [0.1, 0.15) is 5.69 Å². The molecule has 1 aromatic carbocycles. The summed E-state index contributed by atoms with van der Waals surface area (Å²) >= 11 is 9.40. The molecule has 2 aromatic rings. The molecule has 20 heavy (non-hydrogen) atoms. The molecule has 1 heterocycles. The monoisotopic (exact) mass is 354 g/mol. The Hall–Kier alpha value is -1.26. The van der Waals surface area contributed by atoms with Crippen molar-refractivity contribution in [1.82, 2.24) is 4.57 Å². The molecule has 0 aliphatic carbocycles. The van der Waals surface area contributed by atoms with Gasteiger partial charge in [0, 0.05) is 22.9 Å². The number of nitrogens with zero attached hydrogens (tertiary/aromatic N) is 1. The minimum Gasteiger partial charge on any atom is -0.342 e. The van der Waals surface area contributed by atoms with Gasteiger partial charge in [-0.3, -0.25) is 4.79 Å². The van der Waals surface area contributed by atoms with Crippen molar-refractivity contribution >= 4 is 39.1 Å². The maximum atomic E-state index is 12.4. The number of carbonyl (C=O) groups excluding carboxylic acids is 1. The van der Waals surface area contributed by atoms with Crippen molar-refractivity contribution in [2.75, 3.05) is 5.32 Å². The van der Waals surface area contributed by atoms with Crippen molar-refractivity contribution < 1.29 is 4.79 Å². The van der Waals surface area contributed by atoms with Crippen LogP contribution in [0.2, 0.25) is 5.02 Å². The molecule has 5 heteroatoms. The van der Waals surface area contributed by atoms with Gasteiger partial charge < -0.3 is 9.88 Å². The quantitative estimate of drug-likeness (QED) is 0.833. The van der Waals surface area contributed by atoms with Crippen LogP contribution in [0, 0.1) is 6.92 Å². The molecule has 0 saturated carbocycles. The smallest absolute Gasteiger partial charge is 0.272 e. The van der Waals surface area contributed by atoms with E-state index in [1.807, 2.05) is 29.7 Å². The van der Waals surface area contributed by atoms with Crippen LogP contribution in [-0.2, 0) is 6.54 Å². The SMILES string of the molecule is CCCn1cc(Cl)cc1C(=O)Nc1ccc(Br)cc1C. The number of benzene rings is 1. The lowest BCUT2D eigenvalue weighted by molar-refractivity contribution is 0.101. The molecule has 0 saturated heterocycles. The molecule has 2 rings (SSSR count). The van der Waals surface area contributed by atoms with Crippen molar-refractivity contribution in [3.63, 3.8) is 0 Å². The largest absolute Gasteiger partial charge is 0.342 e. The van der Waals surface area contributed by atoms with Crippen molar-refractivity contribution in [1.29, 1.82) is 0 Å². The van der Waals surface area contributed by atoms with E-state index in [1.54, 1.807) is 12.3 Å². The number of anilines is 1. The van der Waals surface area contributed by atoms with Crippen LogP contribution in [0.3, 0.4) is 0 Å². The molecule has 3 nitrogen and oxygen atoms in total. The average molecular weight is 356 g/mol. The minimum atomic E-state index is -0.143. The molecule has 1 aromatic heterocycles. The van der Waals surface area contributed by atoms with Gasteiger partial charge >= 0.3 is 0 Å². The third-order valence-corrected chi connectivity index (χ3v) is 3.70. The number of aromatic nitrogens is 1. The van der Waals surface area contributed by atoms with Crippen molar-refractivity contribution in [3.05, 3.63) is 51.2 Å². The molecule has 0 fully saturated rings. The lowest BCUT2D eigenvalue weighted by Crippen LogP contribution is -2.17. The standard InChI is InChI=1S/C15H16BrClN2O/c1-3-6-19-9-12(17)8-14(19)15(20)18-13-5-4-11(16)7-10(13)2/h4-5,7-9H,3,6H2,1-2H3,(H,18,20). The molecule has 1 amide bonds. The van der Waals surface area contributed by atoms with Crippen LogP contribution in [0.4, 0.5) is 5.69 Å². The number of aryl methyl sites for hydroxylation is 2. The highest BCUT2D eigenvalue weighted by Crippen LogP contribution is 2.22. The molecule has 0 radical (unpaired) electrons. The van der Waals surface area contributed by atoms with Gasteiger partial charge in [-0.25, -0.2) is 0 Å². The summed E-state index contributed by atoms with van der Waals surface area (Å²) < 4.78 is 2.87. The summed E-state index contributed by atoms with van der Waals surface area (Å²) in [5.74, 6) is -0.143. The minimum absolute atomic E-state index is 0.143. The normalized spacial score (nSPS) is 10.6. The van der Waals surface area contributed by atoms with Crippen LogP contribution >= 0.6 is 27.5 Å². The second-order valence-corrected chi connectivity index (χ2v) is 6.00. The molecule has 106 valence electrons. The van der Waals surface area contributed by atoms with Crippen molar-refractivity contribution in [2.45, 2.75) is 26.8 Å². The molecule has 0 bridgehead atoms. The Labute approximate surface area is 132 Å². The lowest BCUT2D eigenvalue weighted by atomic mass is 10.2. The second-order valence-electron chi connectivity index (χ2n) is 4.65. The van der Waals surface area contributed by atoms with Crippen LogP contribution in [0.1, 0.15) is 29.4 Å². The fraction of sp³-hybridized carbons (Fsp3) is 0.267. The molecule has 0 aliphatic rings. The molecular weight excluding hydrogens is 340 g/mol. The number of rotatable bonds is 4. The molecular formula is C15H16BrClN2O. The summed E-state index contributed by atoms with van der Waals surface area (Å²) in [6, 6.07) is 7.45. The molecule has 1 N–H and O–H groups in total. The van der Waals surface area contributed by atoms with E-state index < -0.39 is 0 Å². The zero-order valence-corrected chi connectivity index (χ0v) is 13.8. The van der Waals surface area contributed by atoms with Gasteiger partial charge in [-0.2, -0.15) is 0 Å². The maximum Gasteiger partial charge on any atom is 0.272 e. The van der Waals surface area contributed by atoms with E-state index in [-0.39, 0.29) is 5.91 Å². The summed E-state index contributed by atoms with van der Waals surface area (Å²) in [7, 11) is 0. The van der Waals surface area contributed by atoms with Crippen LogP contribution in [0.15, 0.2) is 34.9 Å². The molecule has 0 unspecified atom stereocenters. The van der Waals surface area contributed by atoms with Gasteiger partial charge in [-0.1, -0.05) is 34.5 Å². The van der Waals surface area contributed by atoms with Gasteiger partial charge in [0.2, 0.25) is 0 Å². The highest BCUT2D eigenvalue weighted by Gasteiger charge is 2.14. The highest BCUT2D eigenvalue weighted by atomic mass is 79.9. The fourth-order valence-corrected chi connectivity index (χ4v) is 2.74. The van der Waals surface area contributed by atoms with E-state index in [1.165, 1.54) is 0 Å². The zero-order chi connectivity index (χ0) is 14.7. The molecule has 0 atom stereocenters. The average Bonchev–Trinajstić information content (AvgIpc) is 2.74. The number of nitrogens with one attached hydrogen (secondary N) is 1. The Morgan fingerprint density at radius 3 is 2.80 bits per heavy atom. The first-order valence-corrected chi connectivity index (χ1v) is 7.61. The third kappa shape index (κ3) is 3.44. The van der Waals surface area contributed by atoms with Gasteiger partial charge in [-0.05, 0) is 43.2 Å². The van der Waals surface area contributed by atoms with Crippen LogP contribution in [-0.4, -0.2) is 10.5 Å². The van der Waals surface area contributed by atoms with Gasteiger partial charge in [0.15, 0.2) is 0 Å². The first-order valence-electron chi connectivity index (χ1n) is 6.44. The fourth-order valence-electron chi connectivity index (χ4n) is 2.04. The van der Waals surface area contributed by atoms with Crippen LogP contribution < -0.4 is 5.32 Å². The molecule has 0 spiro atoms. The van der Waals surface area contributed by atoms with Gasteiger partial charge in [-0.15, -0.1) is 0 Å². The van der Waals surface area contributed by atoms with E-state index >= 15 is 0 Å². The predicted octanol–water partition coefficient (Wildman–Crippen LogP) is 4.87. The number of carbonyl (C=O) groups is 1. The summed E-state index contributed by atoms with van der Waals surface area (Å²) in [5.41, 5.74) is 2.39. The Balaban J connectivity index is 2.23. The topological polar surface area (TPSA) is 34.0 Å². The highest BCUT2D eigenvalue weighted by molar-refractivity contribution is 9.10. The Bertz CT molecular complexity index is 637. The number of hydrogen-bond donors (Lipinski definition) is 1. The first-order chi connectivity index (χ1) is 9.51. The van der Waals surface area contributed by atoms with Gasteiger partial charge in [0.05, 0.1) is 5.02 Å². The summed E-state index contributed by atoms with van der Waals surface area (Å²) in [5, 5.41) is 3.51. The van der Waals surface area contributed by atoms with Crippen LogP contribution in [0.5, 0.6) is 0 Å². The van der Waals surface area contributed by atoms with Gasteiger partial charge in [0.25, 0.3) is 5.91 Å². The van der Waals surface area contributed by atoms with Crippen molar-refractivity contribution in [3.8, 4) is 0 Å². The summed E-state index contributed by atoms with van der Waals surface area (Å²) in [6.45, 7) is 4.79. The van der Waals surface area contributed by atoms with Crippen molar-refractivity contribution in [2.24, 2.45) is 0 Å². The predicted molar refractivity (Wildman–Crippen MR) is 86.6 cm³/mol. The first kappa shape index (κ1) is 15.1. The van der Waals surface area contributed by atoms with E-state index in [0.29, 0.717) is 10.7 Å². The summed E-state index contributed by atoms with van der Waals surface area (Å²) in [6.07, 6.45) is 2.73. The van der Waals surface area contributed by atoms with E-state index in [2.05, 4.69) is 28.2 Å². The van der Waals surface area contributed by atoms with Crippen LogP contribution in [0.25, 0.3) is 0 Å². The Morgan fingerprint density at radius 2 is 2.15 bits per heavy atom. The van der Waals surface area contributed by atoms with E-state index in [9.17, 15) is 4.79 Å². The molecule has 0 aliphatic heterocycles. The van der Waals surface area contributed by atoms with E-state index in [4.69, 9.17) is 11.6 Å². The Morgan fingerprint density at radius 1 is 1.40 bits per heavy atom. The third-order valence-electron chi connectivity index (χ3n) is 3.00. The zero-order valence-electron chi connectivity index (χ0n) is 11.4. The number of hydrogen-bond acceptors (Lipinski definition) is 1. The Kier molecular flexibility index (Phi) is 4.89. The number of amides is 1. The van der Waals surface area contributed by atoms with E-state index in [0.717, 1.165) is 28.7 Å². The second kappa shape index (κ2) is 6.46. The number of halogens is 2. The lowest BCUT2D eigenvalue weighted by Gasteiger charge is -2.10.